The number of likely N-dealkylation sites (tertiary alicyclic amines) is 1. The normalized spacial score (nSPS) is 18.3. The number of aromatic nitrogens is 3. The molecule has 0 radical (unpaired) electrons. The van der Waals surface area contributed by atoms with Gasteiger partial charge in [0.15, 0.2) is 5.78 Å². The number of anilines is 1. The van der Waals surface area contributed by atoms with Gasteiger partial charge in [0.2, 0.25) is 0 Å². The van der Waals surface area contributed by atoms with Gasteiger partial charge in [-0.3, -0.25) is 14.5 Å². The second-order valence-corrected chi connectivity index (χ2v) is 13.4. The van der Waals surface area contributed by atoms with E-state index in [-0.39, 0.29) is 29.4 Å². The number of carbonyl (C=O) groups excluding carboxylic acids is 1. The maximum atomic E-state index is 13.8. The first kappa shape index (κ1) is 32.0. The van der Waals surface area contributed by atoms with E-state index in [2.05, 4.69) is 28.7 Å². The summed E-state index contributed by atoms with van der Waals surface area (Å²) in [5.74, 6) is -0.307. The highest BCUT2D eigenvalue weighted by atomic mass is 32.1. The largest absolute Gasteiger partial charge is 0.481 e. The van der Waals surface area contributed by atoms with Crippen LogP contribution in [0.3, 0.4) is 0 Å². The van der Waals surface area contributed by atoms with Crippen molar-refractivity contribution in [3.63, 3.8) is 0 Å². The maximum absolute atomic E-state index is 13.8. The van der Waals surface area contributed by atoms with Gasteiger partial charge in [-0.05, 0) is 63.1 Å². The molecule has 1 N–H and O–H groups in total. The van der Waals surface area contributed by atoms with E-state index in [0.29, 0.717) is 66.5 Å². The number of thiazole rings is 1. The van der Waals surface area contributed by atoms with E-state index in [1.165, 1.54) is 42.8 Å². The molecule has 2 aromatic heterocycles. The average Bonchev–Trinajstić information content (AvgIpc) is 3.58. The Morgan fingerprint density at radius 1 is 1.09 bits per heavy atom. The fraction of sp³-hybridized carbons (Fsp3) is 0.531. The summed E-state index contributed by atoms with van der Waals surface area (Å²) in [6.45, 7) is 8.42. The number of alkyl halides is 3. The van der Waals surface area contributed by atoms with Crippen molar-refractivity contribution in [2.24, 2.45) is 11.8 Å². The number of carboxylic acids is 1. The first-order valence-electron chi connectivity index (χ1n) is 15.1. The summed E-state index contributed by atoms with van der Waals surface area (Å²) in [5, 5.41) is 9.75. The molecule has 2 aliphatic rings. The average molecular weight is 630 g/mol. The Morgan fingerprint density at radius 2 is 1.84 bits per heavy atom. The Kier molecular flexibility index (Phi) is 9.69. The quantitative estimate of drug-likeness (QED) is 0.249. The minimum Gasteiger partial charge on any atom is -0.481 e. The van der Waals surface area contributed by atoms with Crippen LogP contribution in [-0.4, -0.2) is 62.4 Å². The molecule has 5 rings (SSSR count). The molecule has 0 amide bonds. The maximum Gasteiger partial charge on any atom is 0.416 e. The Hall–Kier alpha value is -3.38. The van der Waals surface area contributed by atoms with Crippen LogP contribution in [0.1, 0.15) is 77.5 Å². The Bertz CT molecular complexity index is 1480. The van der Waals surface area contributed by atoms with Crippen LogP contribution in [0.4, 0.5) is 19.0 Å². The third-order valence-corrected chi connectivity index (χ3v) is 9.59. The number of ketones is 1. The van der Waals surface area contributed by atoms with Crippen molar-refractivity contribution in [2.45, 2.75) is 78.1 Å². The topological polar surface area (TPSA) is 99.5 Å². The molecule has 2 saturated heterocycles. The van der Waals surface area contributed by atoms with Gasteiger partial charge in [-0.15, -0.1) is 11.3 Å². The van der Waals surface area contributed by atoms with E-state index in [1.807, 2.05) is 4.90 Å². The van der Waals surface area contributed by atoms with Crippen LogP contribution >= 0.6 is 11.3 Å². The number of piperidine rings is 1. The van der Waals surface area contributed by atoms with Gasteiger partial charge >= 0.3 is 12.1 Å². The van der Waals surface area contributed by atoms with Gasteiger partial charge < -0.3 is 10.0 Å². The number of carbonyl (C=O) groups is 2. The van der Waals surface area contributed by atoms with Crippen LogP contribution in [0.5, 0.6) is 0 Å². The molecule has 12 heteroatoms. The minimum atomic E-state index is -4.48. The predicted octanol–water partition coefficient (Wildman–Crippen LogP) is 6.66. The molecule has 3 aromatic rings. The minimum absolute atomic E-state index is 0.0386. The van der Waals surface area contributed by atoms with E-state index in [9.17, 15) is 27.9 Å². The molecule has 44 heavy (non-hydrogen) atoms. The van der Waals surface area contributed by atoms with Crippen molar-refractivity contribution in [3.05, 3.63) is 57.3 Å². The molecule has 0 aliphatic carbocycles. The fourth-order valence-electron chi connectivity index (χ4n) is 6.19. The number of Topliss-reactive ketones (excluding diaryl/α,β-unsaturated/α-hetero) is 1. The summed E-state index contributed by atoms with van der Waals surface area (Å²) in [4.78, 5) is 43.2. The van der Waals surface area contributed by atoms with E-state index < -0.39 is 17.7 Å². The lowest BCUT2D eigenvalue weighted by molar-refractivity contribution is -0.142. The molecule has 0 bridgehead atoms. The summed E-state index contributed by atoms with van der Waals surface area (Å²) in [5.41, 5.74) is 0.526. The lowest BCUT2D eigenvalue weighted by atomic mass is 9.97. The number of aryl methyl sites for hydroxylation is 1. The molecule has 0 saturated carbocycles. The zero-order valence-corrected chi connectivity index (χ0v) is 26.0. The molecule has 236 valence electrons. The zero-order chi connectivity index (χ0) is 31.6. The third kappa shape index (κ3) is 7.46. The molecular weight excluding hydrogens is 591 g/mol. The van der Waals surface area contributed by atoms with Crippen molar-refractivity contribution in [3.8, 4) is 11.3 Å². The summed E-state index contributed by atoms with van der Waals surface area (Å²) in [6, 6.07) is 4.72. The highest BCUT2D eigenvalue weighted by molar-refractivity contribution is 7.12. The number of benzene rings is 1. The van der Waals surface area contributed by atoms with Gasteiger partial charge in [-0.1, -0.05) is 26.0 Å². The first-order chi connectivity index (χ1) is 20.9. The lowest BCUT2D eigenvalue weighted by Crippen LogP contribution is -2.36. The molecule has 1 aromatic carbocycles. The molecule has 2 fully saturated rings. The lowest BCUT2D eigenvalue weighted by Gasteiger charge is -2.30. The number of hydrogen-bond donors (Lipinski definition) is 1. The van der Waals surface area contributed by atoms with Crippen LogP contribution in [0.25, 0.3) is 11.3 Å². The number of rotatable bonds is 10. The van der Waals surface area contributed by atoms with Crippen LogP contribution in [0.2, 0.25) is 0 Å². The van der Waals surface area contributed by atoms with Gasteiger partial charge in [0.25, 0.3) is 0 Å². The summed E-state index contributed by atoms with van der Waals surface area (Å²) < 4.78 is 41.4. The van der Waals surface area contributed by atoms with Gasteiger partial charge in [0, 0.05) is 36.1 Å². The molecule has 0 unspecified atom stereocenters. The van der Waals surface area contributed by atoms with Crippen LogP contribution in [0, 0.1) is 18.8 Å². The smallest absolute Gasteiger partial charge is 0.416 e. The highest BCUT2D eigenvalue weighted by Crippen LogP contribution is 2.38. The number of aliphatic carboxylic acids is 1. The van der Waals surface area contributed by atoms with Crippen molar-refractivity contribution in [2.75, 3.05) is 24.5 Å². The van der Waals surface area contributed by atoms with Gasteiger partial charge in [-0.2, -0.15) is 13.2 Å². The second kappa shape index (κ2) is 13.3. The van der Waals surface area contributed by atoms with E-state index >= 15 is 0 Å². The molecule has 8 nitrogen and oxygen atoms in total. The van der Waals surface area contributed by atoms with Gasteiger partial charge in [0.05, 0.1) is 36.0 Å². The molecule has 1 atom stereocenters. The standard InChI is InChI=1S/C32H38F3N5O3S/c1-19(2)13-23-5-4-10-40(23)18-27-30(22-7-6-20(3)24(14-22)32(33,34)35)38-29(44-27)15-26(41)25-16-37-28(17-36-25)39-11-8-21(9-12-39)31(42)43/h6-7,14,16-17,19,21,23H,4-5,8-13,15,18H2,1-3H3,(H,42,43)/t23-/m0/s1. The molecule has 4 heterocycles. The summed E-state index contributed by atoms with van der Waals surface area (Å²) in [6.07, 6.45) is 2.69. The first-order valence-corrected chi connectivity index (χ1v) is 15.9. The van der Waals surface area contributed by atoms with E-state index in [4.69, 9.17) is 4.98 Å². The summed E-state index contributed by atoms with van der Waals surface area (Å²) in [7, 11) is 0. The predicted molar refractivity (Wildman–Crippen MR) is 163 cm³/mol. The fourth-order valence-corrected chi connectivity index (χ4v) is 7.31. The number of hydrogen-bond acceptors (Lipinski definition) is 8. The third-order valence-electron chi connectivity index (χ3n) is 8.55. The monoisotopic (exact) mass is 629 g/mol. The van der Waals surface area contributed by atoms with Crippen molar-refractivity contribution < 1.29 is 27.9 Å². The number of halogens is 3. The van der Waals surface area contributed by atoms with Crippen molar-refractivity contribution in [1.82, 2.24) is 19.9 Å². The Labute approximate surface area is 259 Å². The van der Waals surface area contributed by atoms with Gasteiger partial charge in [0.1, 0.15) is 16.5 Å². The Balaban J connectivity index is 1.37. The Morgan fingerprint density at radius 3 is 2.48 bits per heavy atom. The van der Waals surface area contributed by atoms with Crippen LogP contribution in [-0.2, 0) is 23.9 Å². The molecule has 2 aliphatic heterocycles. The summed E-state index contributed by atoms with van der Waals surface area (Å²) >= 11 is 1.37. The SMILES string of the molecule is Cc1ccc(-c2nc(CC(=O)c3cnc(N4CCC(C(=O)O)CC4)cn3)sc2CN2CCC[C@H]2CC(C)C)cc1C(F)(F)F. The number of carboxylic acid groups (broad SMARTS) is 1. The van der Waals surface area contributed by atoms with E-state index in [1.54, 1.807) is 6.07 Å². The zero-order valence-electron chi connectivity index (χ0n) is 25.2. The highest BCUT2D eigenvalue weighted by Gasteiger charge is 2.34. The van der Waals surface area contributed by atoms with E-state index in [0.717, 1.165) is 30.7 Å². The van der Waals surface area contributed by atoms with Gasteiger partial charge in [-0.25, -0.2) is 15.0 Å². The van der Waals surface area contributed by atoms with Crippen LogP contribution in [0.15, 0.2) is 30.6 Å². The number of nitrogens with zero attached hydrogens (tertiary/aromatic N) is 5. The van der Waals surface area contributed by atoms with Crippen molar-refractivity contribution in [1.29, 1.82) is 0 Å². The molecular formula is C32H38F3N5O3S. The van der Waals surface area contributed by atoms with Crippen molar-refractivity contribution >= 4 is 28.9 Å². The van der Waals surface area contributed by atoms with Crippen LogP contribution < -0.4 is 4.90 Å². The second-order valence-electron chi connectivity index (χ2n) is 12.3. The molecule has 0 spiro atoms.